The first kappa shape index (κ1) is 19.0. The van der Waals surface area contributed by atoms with E-state index >= 15 is 0 Å². The minimum atomic E-state index is -0.832. The number of hydrogen-bond donors (Lipinski definition) is 2. The van der Waals surface area contributed by atoms with Gasteiger partial charge in [-0.25, -0.2) is 4.79 Å². The van der Waals surface area contributed by atoms with Crippen molar-refractivity contribution in [2.45, 2.75) is 52.4 Å². The normalized spacial score (nSPS) is 12.7. The molecule has 1 aromatic rings. The summed E-state index contributed by atoms with van der Waals surface area (Å²) in [5.41, 5.74) is 5.42. The molecule has 0 aliphatic carbocycles. The standard InChI is InChI=1S/C17H26N2O4/c1-11(2)22-13-8-6-12(7-9-13)15(20)14(10-18)19-16(21)23-17(3,4)5/h6-9,11,14H,10,18H2,1-5H3,(H,19,21). The van der Waals surface area contributed by atoms with Crippen LogP contribution in [0.15, 0.2) is 24.3 Å². The lowest BCUT2D eigenvalue weighted by Crippen LogP contribution is -2.47. The molecule has 0 bridgehead atoms. The lowest BCUT2D eigenvalue weighted by molar-refractivity contribution is 0.0493. The Morgan fingerprint density at radius 1 is 1.17 bits per heavy atom. The van der Waals surface area contributed by atoms with Crippen LogP contribution in [-0.2, 0) is 4.74 Å². The van der Waals surface area contributed by atoms with E-state index in [4.69, 9.17) is 15.2 Å². The number of nitrogens with two attached hydrogens (primary N) is 1. The Morgan fingerprint density at radius 2 is 1.74 bits per heavy atom. The van der Waals surface area contributed by atoms with Gasteiger partial charge in [-0.1, -0.05) is 0 Å². The predicted molar refractivity (Wildman–Crippen MR) is 88.7 cm³/mol. The van der Waals surface area contributed by atoms with E-state index in [2.05, 4.69) is 5.32 Å². The summed E-state index contributed by atoms with van der Waals surface area (Å²) in [6, 6.07) is 5.91. The van der Waals surface area contributed by atoms with Gasteiger partial charge in [-0.05, 0) is 58.9 Å². The highest BCUT2D eigenvalue weighted by Gasteiger charge is 2.24. The number of Topliss-reactive ketones (excluding diaryl/α,β-unsaturated/α-hetero) is 1. The molecule has 0 aromatic heterocycles. The van der Waals surface area contributed by atoms with Gasteiger partial charge in [0.2, 0.25) is 0 Å². The third-order valence-electron chi connectivity index (χ3n) is 2.75. The van der Waals surface area contributed by atoms with Gasteiger partial charge in [0, 0.05) is 12.1 Å². The molecule has 1 atom stereocenters. The van der Waals surface area contributed by atoms with Gasteiger partial charge in [0.15, 0.2) is 5.78 Å². The minimum absolute atomic E-state index is 0.0116. The van der Waals surface area contributed by atoms with Crippen molar-refractivity contribution < 1.29 is 19.1 Å². The van der Waals surface area contributed by atoms with E-state index in [-0.39, 0.29) is 18.4 Å². The quantitative estimate of drug-likeness (QED) is 0.785. The third-order valence-corrected chi connectivity index (χ3v) is 2.75. The van der Waals surface area contributed by atoms with Crippen LogP contribution < -0.4 is 15.8 Å². The van der Waals surface area contributed by atoms with Crippen molar-refractivity contribution >= 4 is 11.9 Å². The van der Waals surface area contributed by atoms with Crippen molar-refractivity contribution in [1.29, 1.82) is 0 Å². The summed E-state index contributed by atoms with van der Waals surface area (Å²) in [5.74, 6) is 0.412. The van der Waals surface area contributed by atoms with Gasteiger partial charge in [0.1, 0.15) is 17.4 Å². The number of carbonyl (C=O) groups is 2. The molecule has 0 aliphatic heterocycles. The van der Waals surface area contributed by atoms with Crippen molar-refractivity contribution in [2.24, 2.45) is 5.73 Å². The van der Waals surface area contributed by atoms with Crippen LogP contribution in [0.25, 0.3) is 0 Å². The number of benzene rings is 1. The number of ketones is 1. The molecular weight excluding hydrogens is 296 g/mol. The summed E-state index contributed by atoms with van der Waals surface area (Å²) in [5, 5.41) is 2.50. The van der Waals surface area contributed by atoms with Crippen molar-refractivity contribution in [1.82, 2.24) is 5.32 Å². The van der Waals surface area contributed by atoms with Gasteiger partial charge < -0.3 is 20.5 Å². The summed E-state index contributed by atoms with van der Waals surface area (Å²) in [6.45, 7) is 9.09. The highest BCUT2D eigenvalue weighted by molar-refractivity contribution is 6.01. The molecule has 0 aliphatic rings. The van der Waals surface area contributed by atoms with Crippen LogP contribution in [0.2, 0.25) is 0 Å². The van der Waals surface area contributed by atoms with Crippen LogP contribution in [0.5, 0.6) is 5.75 Å². The van der Waals surface area contributed by atoms with Gasteiger partial charge in [0.05, 0.1) is 6.10 Å². The smallest absolute Gasteiger partial charge is 0.408 e. The zero-order valence-electron chi connectivity index (χ0n) is 14.4. The van der Waals surface area contributed by atoms with E-state index < -0.39 is 17.7 Å². The lowest BCUT2D eigenvalue weighted by atomic mass is 10.0. The molecule has 1 rings (SSSR count). The van der Waals surface area contributed by atoms with E-state index in [9.17, 15) is 9.59 Å². The van der Waals surface area contributed by atoms with Crippen molar-refractivity contribution in [2.75, 3.05) is 6.54 Å². The molecule has 1 aromatic carbocycles. The maximum Gasteiger partial charge on any atom is 0.408 e. The number of carbonyl (C=O) groups excluding carboxylic acids is 2. The number of rotatable bonds is 6. The van der Waals surface area contributed by atoms with E-state index in [1.165, 1.54) is 0 Å². The SMILES string of the molecule is CC(C)Oc1ccc(C(=O)C(CN)NC(=O)OC(C)(C)C)cc1. The largest absolute Gasteiger partial charge is 0.491 e. The monoisotopic (exact) mass is 322 g/mol. The molecule has 0 saturated heterocycles. The first-order valence-corrected chi connectivity index (χ1v) is 7.63. The zero-order chi connectivity index (χ0) is 17.6. The Kier molecular flexibility index (Phi) is 6.57. The molecular formula is C17H26N2O4. The number of nitrogens with one attached hydrogen (secondary N) is 1. The number of hydrogen-bond acceptors (Lipinski definition) is 5. The topological polar surface area (TPSA) is 90.6 Å². The molecule has 3 N–H and O–H groups in total. The Morgan fingerprint density at radius 3 is 2.17 bits per heavy atom. The van der Waals surface area contributed by atoms with E-state index in [0.717, 1.165) is 0 Å². The van der Waals surface area contributed by atoms with Gasteiger partial charge in [-0.3, -0.25) is 4.79 Å². The second-order valence-electron chi connectivity index (χ2n) is 6.49. The highest BCUT2D eigenvalue weighted by atomic mass is 16.6. The second kappa shape index (κ2) is 7.97. The third kappa shape index (κ3) is 6.69. The Hall–Kier alpha value is -2.08. The summed E-state index contributed by atoms with van der Waals surface area (Å²) in [7, 11) is 0. The van der Waals surface area contributed by atoms with E-state index in [0.29, 0.717) is 11.3 Å². The summed E-state index contributed by atoms with van der Waals surface area (Å²) in [4.78, 5) is 24.2. The maximum absolute atomic E-state index is 12.4. The number of alkyl carbamates (subject to hydrolysis) is 1. The molecule has 0 saturated carbocycles. The molecule has 0 spiro atoms. The Bertz CT molecular complexity index is 533. The fourth-order valence-electron chi connectivity index (χ4n) is 1.85. The van der Waals surface area contributed by atoms with Crippen LogP contribution in [0.1, 0.15) is 45.0 Å². The molecule has 0 radical (unpaired) electrons. The fourth-order valence-corrected chi connectivity index (χ4v) is 1.85. The van der Waals surface area contributed by atoms with Gasteiger partial charge in [0.25, 0.3) is 0 Å². The second-order valence-corrected chi connectivity index (χ2v) is 6.49. The van der Waals surface area contributed by atoms with Crippen molar-refractivity contribution in [3.63, 3.8) is 0 Å². The van der Waals surface area contributed by atoms with E-state index in [1.54, 1.807) is 45.0 Å². The first-order valence-electron chi connectivity index (χ1n) is 7.63. The van der Waals surface area contributed by atoms with Gasteiger partial charge >= 0.3 is 6.09 Å². The van der Waals surface area contributed by atoms with Crippen LogP contribution in [0.3, 0.4) is 0 Å². The van der Waals surface area contributed by atoms with Crippen molar-refractivity contribution in [3.8, 4) is 5.75 Å². The first-order chi connectivity index (χ1) is 10.6. The van der Waals surface area contributed by atoms with Crippen LogP contribution in [-0.4, -0.2) is 36.2 Å². The van der Waals surface area contributed by atoms with Crippen molar-refractivity contribution in [3.05, 3.63) is 29.8 Å². The summed E-state index contributed by atoms with van der Waals surface area (Å²) < 4.78 is 10.7. The average molecular weight is 322 g/mol. The predicted octanol–water partition coefficient (Wildman–Crippen LogP) is 2.51. The molecule has 6 heteroatoms. The Balaban J connectivity index is 2.74. The van der Waals surface area contributed by atoms with E-state index in [1.807, 2.05) is 13.8 Å². The molecule has 6 nitrogen and oxygen atoms in total. The summed E-state index contributed by atoms with van der Waals surface area (Å²) in [6.07, 6.45) is -0.608. The molecule has 0 heterocycles. The van der Waals surface area contributed by atoms with Crippen LogP contribution >= 0.6 is 0 Å². The highest BCUT2D eigenvalue weighted by Crippen LogP contribution is 2.15. The van der Waals surface area contributed by atoms with Gasteiger partial charge in [-0.2, -0.15) is 0 Å². The Labute approximate surface area is 137 Å². The molecule has 0 fully saturated rings. The fraction of sp³-hybridized carbons (Fsp3) is 0.529. The molecule has 23 heavy (non-hydrogen) atoms. The molecule has 1 unspecified atom stereocenters. The maximum atomic E-state index is 12.4. The summed E-state index contributed by atoms with van der Waals surface area (Å²) >= 11 is 0. The lowest BCUT2D eigenvalue weighted by Gasteiger charge is -2.22. The van der Waals surface area contributed by atoms with Crippen LogP contribution in [0.4, 0.5) is 4.79 Å². The number of ether oxygens (including phenoxy) is 2. The molecule has 128 valence electrons. The molecule has 1 amide bonds. The minimum Gasteiger partial charge on any atom is -0.491 e. The average Bonchev–Trinajstić information content (AvgIpc) is 2.42. The van der Waals surface area contributed by atoms with Crippen LogP contribution in [0, 0.1) is 0 Å². The zero-order valence-corrected chi connectivity index (χ0v) is 14.4. The van der Waals surface area contributed by atoms with Gasteiger partial charge in [-0.15, -0.1) is 0 Å². The number of amides is 1.